The molecule has 1 unspecified atom stereocenters. The molecule has 1 heterocycles. The van der Waals surface area contributed by atoms with Crippen LogP contribution in [0.15, 0.2) is 29.3 Å². The molecule has 6 heteroatoms. The van der Waals surface area contributed by atoms with Crippen LogP contribution in [-0.2, 0) is 0 Å². The van der Waals surface area contributed by atoms with E-state index in [1.165, 1.54) is 63.2 Å². The molecule has 0 saturated carbocycles. The molecule has 0 aliphatic carbocycles. The molecule has 1 aromatic carbocycles. The molecule has 2 N–H and O–H groups in total. The predicted octanol–water partition coefficient (Wildman–Crippen LogP) is 3.69. The quantitative estimate of drug-likeness (QED) is 0.216. The summed E-state index contributed by atoms with van der Waals surface area (Å²) in [6.45, 7) is 18.8. The largest absolute Gasteiger partial charge is 0.357 e. The Balaban J connectivity index is 0.00000420. The van der Waals surface area contributed by atoms with E-state index < -0.39 is 0 Å². The number of halogens is 1. The van der Waals surface area contributed by atoms with E-state index in [1.54, 1.807) is 0 Å². The summed E-state index contributed by atoms with van der Waals surface area (Å²) in [7, 11) is 0. The molecule has 1 aliphatic heterocycles. The number of benzene rings is 1. The molecule has 2 rings (SSSR count). The Morgan fingerprint density at radius 2 is 1.66 bits per heavy atom. The monoisotopic (exact) mass is 515 g/mol. The van der Waals surface area contributed by atoms with Gasteiger partial charge < -0.3 is 20.4 Å². The second kappa shape index (κ2) is 15.0. The Bertz CT molecular complexity index is 567. The first kappa shape index (κ1) is 26.2. The number of piperazine rings is 1. The average Bonchev–Trinajstić information content (AvgIpc) is 2.72. The Morgan fingerprint density at radius 1 is 1.00 bits per heavy atom. The number of unbranched alkanes of at least 4 members (excludes halogenated alkanes) is 1. The molecule has 0 radical (unpaired) electrons. The number of nitrogens with zero attached hydrogens (tertiary/aromatic N) is 3. The lowest BCUT2D eigenvalue weighted by atomic mass is 10.0. The van der Waals surface area contributed by atoms with E-state index in [0.717, 1.165) is 25.6 Å². The maximum atomic E-state index is 4.80. The van der Waals surface area contributed by atoms with Crippen molar-refractivity contribution >= 4 is 29.9 Å². The SMILES string of the molecule is CCNC(=NCC(C)c1ccc(C)cc1)NCCCCN1CCN(CC)CC1.I. The van der Waals surface area contributed by atoms with Crippen molar-refractivity contribution in [2.24, 2.45) is 4.99 Å². The van der Waals surface area contributed by atoms with E-state index in [2.05, 4.69) is 72.4 Å². The summed E-state index contributed by atoms with van der Waals surface area (Å²) in [6, 6.07) is 8.80. The first-order valence-corrected chi connectivity index (χ1v) is 11.2. The van der Waals surface area contributed by atoms with Crippen LogP contribution in [0.2, 0.25) is 0 Å². The van der Waals surface area contributed by atoms with E-state index >= 15 is 0 Å². The van der Waals surface area contributed by atoms with Crippen molar-refractivity contribution in [2.45, 2.75) is 46.5 Å². The molecule has 0 aromatic heterocycles. The molecular formula is C23H42IN5. The Kier molecular flexibility index (Phi) is 13.6. The molecule has 1 atom stereocenters. The maximum Gasteiger partial charge on any atom is 0.191 e. The Labute approximate surface area is 195 Å². The van der Waals surface area contributed by atoms with Crippen LogP contribution in [0, 0.1) is 6.92 Å². The highest BCUT2D eigenvalue weighted by molar-refractivity contribution is 14.0. The zero-order valence-electron chi connectivity index (χ0n) is 18.9. The molecule has 1 aliphatic rings. The Hall–Kier alpha value is -0.860. The molecule has 1 saturated heterocycles. The zero-order valence-corrected chi connectivity index (χ0v) is 21.2. The third kappa shape index (κ3) is 10.1. The van der Waals surface area contributed by atoms with Gasteiger partial charge in [0.15, 0.2) is 5.96 Å². The van der Waals surface area contributed by atoms with Gasteiger partial charge in [0.1, 0.15) is 0 Å². The number of likely N-dealkylation sites (N-methyl/N-ethyl adjacent to an activating group) is 1. The second-order valence-corrected chi connectivity index (χ2v) is 7.94. The van der Waals surface area contributed by atoms with Gasteiger partial charge in [-0.3, -0.25) is 4.99 Å². The van der Waals surface area contributed by atoms with Gasteiger partial charge >= 0.3 is 0 Å². The van der Waals surface area contributed by atoms with Gasteiger partial charge in [0, 0.05) is 51.7 Å². The van der Waals surface area contributed by atoms with E-state index in [9.17, 15) is 0 Å². The highest BCUT2D eigenvalue weighted by Gasteiger charge is 2.14. The first-order chi connectivity index (χ1) is 13.6. The van der Waals surface area contributed by atoms with Crippen LogP contribution in [0.25, 0.3) is 0 Å². The van der Waals surface area contributed by atoms with Crippen molar-refractivity contribution in [3.63, 3.8) is 0 Å². The fourth-order valence-corrected chi connectivity index (χ4v) is 3.57. The summed E-state index contributed by atoms with van der Waals surface area (Å²) in [6.07, 6.45) is 2.43. The van der Waals surface area contributed by atoms with Crippen molar-refractivity contribution in [3.05, 3.63) is 35.4 Å². The van der Waals surface area contributed by atoms with Crippen LogP contribution in [0.3, 0.4) is 0 Å². The van der Waals surface area contributed by atoms with Crippen LogP contribution in [-0.4, -0.2) is 74.7 Å². The zero-order chi connectivity index (χ0) is 20.2. The molecule has 1 fully saturated rings. The van der Waals surface area contributed by atoms with E-state index in [-0.39, 0.29) is 24.0 Å². The van der Waals surface area contributed by atoms with Crippen LogP contribution < -0.4 is 10.6 Å². The van der Waals surface area contributed by atoms with E-state index in [1.807, 2.05) is 0 Å². The average molecular weight is 516 g/mol. The van der Waals surface area contributed by atoms with E-state index in [4.69, 9.17) is 4.99 Å². The first-order valence-electron chi connectivity index (χ1n) is 11.2. The molecule has 5 nitrogen and oxygen atoms in total. The summed E-state index contributed by atoms with van der Waals surface area (Å²) in [4.78, 5) is 9.94. The molecule has 0 amide bonds. The minimum absolute atomic E-state index is 0. The smallest absolute Gasteiger partial charge is 0.191 e. The van der Waals surface area contributed by atoms with Gasteiger partial charge in [0.2, 0.25) is 0 Å². The molecule has 29 heavy (non-hydrogen) atoms. The van der Waals surface area contributed by atoms with E-state index in [0.29, 0.717) is 5.92 Å². The van der Waals surface area contributed by atoms with Crippen LogP contribution in [0.5, 0.6) is 0 Å². The van der Waals surface area contributed by atoms with Crippen LogP contribution >= 0.6 is 24.0 Å². The van der Waals surface area contributed by atoms with Crippen molar-refractivity contribution in [3.8, 4) is 0 Å². The fourth-order valence-electron chi connectivity index (χ4n) is 3.57. The number of nitrogens with one attached hydrogen (secondary N) is 2. The third-order valence-corrected chi connectivity index (χ3v) is 5.62. The normalized spacial score (nSPS) is 16.9. The van der Waals surface area contributed by atoms with Crippen molar-refractivity contribution in [1.82, 2.24) is 20.4 Å². The van der Waals surface area contributed by atoms with Crippen molar-refractivity contribution < 1.29 is 0 Å². The lowest BCUT2D eigenvalue weighted by Crippen LogP contribution is -2.46. The maximum absolute atomic E-state index is 4.80. The lowest BCUT2D eigenvalue weighted by molar-refractivity contribution is 0.136. The molecule has 1 aromatic rings. The van der Waals surface area contributed by atoms with Gasteiger partial charge in [-0.05, 0) is 45.3 Å². The Morgan fingerprint density at radius 3 is 2.28 bits per heavy atom. The summed E-state index contributed by atoms with van der Waals surface area (Å²) in [5, 5.41) is 6.88. The molecular weight excluding hydrogens is 473 g/mol. The van der Waals surface area contributed by atoms with Gasteiger partial charge in [-0.1, -0.05) is 43.7 Å². The highest BCUT2D eigenvalue weighted by Crippen LogP contribution is 2.15. The highest BCUT2D eigenvalue weighted by atomic mass is 127. The summed E-state index contributed by atoms with van der Waals surface area (Å²) in [5.41, 5.74) is 2.66. The summed E-state index contributed by atoms with van der Waals surface area (Å²) < 4.78 is 0. The van der Waals surface area contributed by atoms with Crippen molar-refractivity contribution in [1.29, 1.82) is 0 Å². The van der Waals surface area contributed by atoms with Crippen LogP contribution in [0.1, 0.15) is 50.7 Å². The van der Waals surface area contributed by atoms with Gasteiger partial charge in [0.25, 0.3) is 0 Å². The number of aliphatic imine (C=N–C) groups is 1. The minimum Gasteiger partial charge on any atom is -0.357 e. The lowest BCUT2D eigenvalue weighted by Gasteiger charge is -2.34. The van der Waals surface area contributed by atoms with Gasteiger partial charge in [-0.15, -0.1) is 24.0 Å². The topological polar surface area (TPSA) is 42.9 Å². The number of hydrogen-bond donors (Lipinski definition) is 2. The van der Waals surface area contributed by atoms with Gasteiger partial charge in [0.05, 0.1) is 0 Å². The summed E-state index contributed by atoms with van der Waals surface area (Å²) >= 11 is 0. The molecule has 0 bridgehead atoms. The molecule has 166 valence electrons. The number of rotatable bonds is 10. The van der Waals surface area contributed by atoms with Gasteiger partial charge in [-0.2, -0.15) is 0 Å². The predicted molar refractivity (Wildman–Crippen MR) is 137 cm³/mol. The third-order valence-electron chi connectivity index (χ3n) is 5.62. The number of hydrogen-bond acceptors (Lipinski definition) is 3. The fraction of sp³-hybridized carbons (Fsp3) is 0.696. The molecule has 0 spiro atoms. The summed E-state index contributed by atoms with van der Waals surface area (Å²) in [5.74, 6) is 1.37. The number of guanidine groups is 1. The van der Waals surface area contributed by atoms with Crippen LogP contribution in [0.4, 0.5) is 0 Å². The number of aryl methyl sites for hydroxylation is 1. The standard InChI is InChI=1S/C23H41N5.HI/c1-5-24-23(26-19-21(4)22-11-9-20(3)10-12-22)25-13-7-8-14-28-17-15-27(6-2)16-18-28;/h9-12,21H,5-8,13-19H2,1-4H3,(H2,24,25,26);1H. The second-order valence-electron chi connectivity index (χ2n) is 7.94. The van der Waals surface area contributed by atoms with Gasteiger partial charge in [-0.25, -0.2) is 0 Å². The minimum atomic E-state index is 0. The van der Waals surface area contributed by atoms with Crippen molar-refractivity contribution in [2.75, 3.05) is 58.9 Å².